The van der Waals surface area contributed by atoms with Gasteiger partial charge in [0, 0.05) is 11.3 Å². The summed E-state index contributed by atoms with van der Waals surface area (Å²) in [6.45, 7) is 0.263. The number of ether oxygens (including phenoxy) is 1. The van der Waals surface area contributed by atoms with Crippen molar-refractivity contribution in [1.29, 1.82) is 0 Å². The number of anilines is 1. The monoisotopic (exact) mass is 305 g/mol. The first kappa shape index (κ1) is 15.2. The maximum Gasteiger partial charge on any atom is 0.279 e. The SMILES string of the molecule is COc1ccc(C#CCN)cc1NC(=O)C1CSC(=O)N1. The number of hydrogen-bond acceptors (Lipinski definition) is 5. The molecular weight excluding hydrogens is 290 g/mol. The zero-order valence-electron chi connectivity index (χ0n) is 11.4. The van der Waals surface area contributed by atoms with Crippen LogP contribution in [0.3, 0.4) is 0 Å². The van der Waals surface area contributed by atoms with Gasteiger partial charge in [-0.1, -0.05) is 23.6 Å². The average Bonchev–Trinajstić information content (AvgIpc) is 2.92. The van der Waals surface area contributed by atoms with Gasteiger partial charge >= 0.3 is 0 Å². The molecule has 6 nitrogen and oxygen atoms in total. The van der Waals surface area contributed by atoms with Crippen LogP contribution in [0.2, 0.25) is 0 Å². The number of amides is 2. The average molecular weight is 305 g/mol. The van der Waals surface area contributed by atoms with Crippen molar-refractivity contribution in [2.45, 2.75) is 6.04 Å². The minimum absolute atomic E-state index is 0.190. The third-order valence-electron chi connectivity index (χ3n) is 2.78. The van der Waals surface area contributed by atoms with E-state index in [1.165, 1.54) is 7.11 Å². The van der Waals surface area contributed by atoms with Crippen LogP contribution in [-0.2, 0) is 4.79 Å². The van der Waals surface area contributed by atoms with Crippen LogP contribution in [0.25, 0.3) is 0 Å². The number of methoxy groups -OCH3 is 1. The van der Waals surface area contributed by atoms with E-state index in [0.717, 1.165) is 17.3 Å². The molecular formula is C14H15N3O3S. The second kappa shape index (κ2) is 7.02. The summed E-state index contributed by atoms with van der Waals surface area (Å²) in [5, 5.41) is 5.15. The van der Waals surface area contributed by atoms with Gasteiger partial charge in [0.15, 0.2) is 0 Å². The van der Waals surface area contributed by atoms with Crippen LogP contribution < -0.4 is 21.1 Å². The maximum absolute atomic E-state index is 12.1. The summed E-state index contributed by atoms with van der Waals surface area (Å²) in [5.74, 6) is 6.30. The molecule has 0 aliphatic carbocycles. The van der Waals surface area contributed by atoms with Gasteiger partial charge in [-0.05, 0) is 18.2 Å². The molecule has 0 radical (unpaired) electrons. The normalized spacial score (nSPS) is 16.7. The van der Waals surface area contributed by atoms with Gasteiger partial charge in [-0.2, -0.15) is 0 Å². The molecule has 2 rings (SSSR count). The molecule has 1 fully saturated rings. The summed E-state index contributed by atoms with van der Waals surface area (Å²) in [7, 11) is 1.52. The van der Waals surface area contributed by atoms with E-state index in [4.69, 9.17) is 10.5 Å². The molecule has 0 spiro atoms. The number of thioether (sulfide) groups is 1. The first-order chi connectivity index (χ1) is 10.1. The number of hydrogen-bond donors (Lipinski definition) is 3. The highest BCUT2D eigenvalue weighted by Gasteiger charge is 2.28. The molecule has 0 saturated carbocycles. The molecule has 110 valence electrons. The Kier molecular flexibility index (Phi) is 5.09. The first-order valence-corrected chi connectivity index (χ1v) is 7.23. The molecule has 1 atom stereocenters. The van der Waals surface area contributed by atoms with Crippen molar-refractivity contribution in [2.75, 3.05) is 24.7 Å². The lowest BCUT2D eigenvalue weighted by atomic mass is 10.1. The van der Waals surface area contributed by atoms with E-state index in [2.05, 4.69) is 22.5 Å². The van der Waals surface area contributed by atoms with Crippen molar-refractivity contribution in [2.24, 2.45) is 5.73 Å². The summed E-state index contributed by atoms with van der Waals surface area (Å²) < 4.78 is 5.21. The van der Waals surface area contributed by atoms with E-state index < -0.39 is 6.04 Å². The van der Waals surface area contributed by atoms with Crippen LogP contribution in [0.5, 0.6) is 5.75 Å². The predicted molar refractivity (Wildman–Crippen MR) is 82.3 cm³/mol. The third-order valence-corrected chi connectivity index (χ3v) is 3.66. The van der Waals surface area contributed by atoms with E-state index in [1.54, 1.807) is 18.2 Å². The van der Waals surface area contributed by atoms with Crippen LogP contribution in [0.4, 0.5) is 10.5 Å². The zero-order chi connectivity index (χ0) is 15.2. The smallest absolute Gasteiger partial charge is 0.279 e. The summed E-state index contributed by atoms with van der Waals surface area (Å²) in [6, 6.07) is 4.68. The molecule has 1 aliphatic heterocycles. The Bertz CT molecular complexity index is 622. The maximum atomic E-state index is 12.1. The molecule has 1 unspecified atom stereocenters. The fraction of sp³-hybridized carbons (Fsp3) is 0.286. The number of nitrogens with two attached hydrogens (primary N) is 1. The molecule has 2 amide bonds. The van der Waals surface area contributed by atoms with Gasteiger partial charge in [0.05, 0.1) is 19.3 Å². The Labute approximate surface area is 126 Å². The van der Waals surface area contributed by atoms with Crippen molar-refractivity contribution in [3.63, 3.8) is 0 Å². The molecule has 1 aromatic rings. The van der Waals surface area contributed by atoms with Crippen LogP contribution in [-0.4, -0.2) is 36.6 Å². The van der Waals surface area contributed by atoms with Crippen molar-refractivity contribution >= 4 is 28.6 Å². The largest absolute Gasteiger partial charge is 0.495 e. The molecule has 4 N–H and O–H groups in total. The molecule has 7 heteroatoms. The van der Waals surface area contributed by atoms with Gasteiger partial charge in [0.1, 0.15) is 11.8 Å². The lowest BCUT2D eigenvalue weighted by Crippen LogP contribution is -2.38. The molecule has 1 aliphatic rings. The topological polar surface area (TPSA) is 93.4 Å². The summed E-state index contributed by atoms with van der Waals surface area (Å²) in [4.78, 5) is 23.2. The Balaban J connectivity index is 2.17. The zero-order valence-corrected chi connectivity index (χ0v) is 12.3. The number of rotatable bonds is 3. The van der Waals surface area contributed by atoms with Crippen LogP contribution in [0.1, 0.15) is 5.56 Å². The molecule has 0 bridgehead atoms. The molecule has 0 aromatic heterocycles. The second-order valence-electron chi connectivity index (χ2n) is 4.21. The number of benzene rings is 1. The number of carbonyl (C=O) groups is 2. The minimum Gasteiger partial charge on any atom is -0.495 e. The van der Waals surface area contributed by atoms with Crippen LogP contribution in [0, 0.1) is 11.8 Å². The Morgan fingerprint density at radius 1 is 1.62 bits per heavy atom. The van der Waals surface area contributed by atoms with E-state index >= 15 is 0 Å². The van der Waals surface area contributed by atoms with Gasteiger partial charge in [0.25, 0.3) is 5.24 Å². The highest BCUT2D eigenvalue weighted by molar-refractivity contribution is 8.14. The van der Waals surface area contributed by atoms with E-state index in [-0.39, 0.29) is 17.7 Å². The van der Waals surface area contributed by atoms with Gasteiger partial charge in [-0.25, -0.2) is 0 Å². The fourth-order valence-electron chi connectivity index (χ4n) is 1.78. The van der Waals surface area contributed by atoms with Crippen LogP contribution >= 0.6 is 11.8 Å². The molecule has 1 heterocycles. The third kappa shape index (κ3) is 3.90. The minimum atomic E-state index is -0.536. The first-order valence-electron chi connectivity index (χ1n) is 6.25. The Hall–Kier alpha value is -2.17. The van der Waals surface area contributed by atoms with E-state index in [9.17, 15) is 9.59 Å². The Morgan fingerprint density at radius 2 is 2.43 bits per heavy atom. The summed E-state index contributed by atoms with van der Waals surface area (Å²) in [5.41, 5.74) is 6.57. The predicted octanol–water partition coefficient (Wildman–Crippen LogP) is 0.769. The lowest BCUT2D eigenvalue weighted by Gasteiger charge is -2.13. The van der Waals surface area contributed by atoms with E-state index in [0.29, 0.717) is 17.2 Å². The Morgan fingerprint density at radius 3 is 3.05 bits per heavy atom. The van der Waals surface area contributed by atoms with Crippen molar-refractivity contribution in [3.05, 3.63) is 23.8 Å². The highest BCUT2D eigenvalue weighted by atomic mass is 32.2. The van der Waals surface area contributed by atoms with Crippen LogP contribution in [0.15, 0.2) is 18.2 Å². The van der Waals surface area contributed by atoms with Gasteiger partial charge in [-0.15, -0.1) is 0 Å². The molecule has 21 heavy (non-hydrogen) atoms. The quantitative estimate of drug-likeness (QED) is 0.717. The second-order valence-corrected chi connectivity index (χ2v) is 5.20. The standard InChI is InChI=1S/C14H15N3O3S/c1-20-12-5-4-9(3-2-6-15)7-10(12)16-13(18)11-8-21-14(19)17-11/h4-5,7,11H,6,8,15H2,1H3,(H,16,18)(H,17,19). The lowest BCUT2D eigenvalue weighted by molar-refractivity contribution is -0.117. The highest BCUT2D eigenvalue weighted by Crippen LogP contribution is 2.26. The van der Waals surface area contributed by atoms with E-state index in [1.807, 2.05) is 0 Å². The molecule has 1 aromatic carbocycles. The summed E-state index contributed by atoms with van der Waals surface area (Å²) in [6.07, 6.45) is 0. The summed E-state index contributed by atoms with van der Waals surface area (Å²) >= 11 is 1.09. The molecule has 1 saturated heterocycles. The van der Waals surface area contributed by atoms with Gasteiger partial charge in [0.2, 0.25) is 5.91 Å². The number of carbonyl (C=O) groups excluding carboxylic acids is 2. The number of nitrogens with one attached hydrogen (secondary N) is 2. The fourth-order valence-corrected chi connectivity index (χ4v) is 2.56. The van der Waals surface area contributed by atoms with Gasteiger partial charge < -0.3 is 21.1 Å². The van der Waals surface area contributed by atoms with Crippen molar-refractivity contribution in [3.8, 4) is 17.6 Å². The van der Waals surface area contributed by atoms with Crippen molar-refractivity contribution in [1.82, 2.24) is 5.32 Å². The van der Waals surface area contributed by atoms with Gasteiger partial charge in [-0.3, -0.25) is 9.59 Å². The van der Waals surface area contributed by atoms with Crippen molar-refractivity contribution < 1.29 is 14.3 Å².